The van der Waals surface area contributed by atoms with Gasteiger partial charge in [-0.3, -0.25) is 25.4 Å². The molecule has 7 heteroatoms. The number of nitrogens with one attached hydrogen (secondary N) is 2. The molecule has 0 saturated heterocycles. The third kappa shape index (κ3) is 2.89. The molecule has 0 aliphatic heterocycles. The van der Waals surface area contributed by atoms with Gasteiger partial charge < -0.3 is 4.57 Å². The molecule has 110 valence electrons. The summed E-state index contributed by atoms with van der Waals surface area (Å²) in [6, 6.07) is 10.6. The van der Waals surface area contributed by atoms with Crippen LogP contribution in [0.1, 0.15) is 20.2 Å². The number of carbonyl (C=O) groups is 2. The number of rotatable bonds is 3. The molecule has 0 saturated carbocycles. The van der Waals surface area contributed by atoms with Gasteiger partial charge in [-0.15, -0.1) is 11.3 Å². The minimum Gasteiger partial charge on any atom is -0.322 e. The number of hydrogen-bond donors (Lipinski definition) is 2. The normalized spacial score (nSPS) is 10.2. The van der Waals surface area contributed by atoms with E-state index in [1.165, 1.54) is 17.5 Å². The van der Waals surface area contributed by atoms with E-state index in [-0.39, 0.29) is 11.6 Å². The van der Waals surface area contributed by atoms with E-state index >= 15 is 0 Å². The van der Waals surface area contributed by atoms with Crippen molar-refractivity contribution in [3.63, 3.8) is 0 Å². The summed E-state index contributed by atoms with van der Waals surface area (Å²) in [6.45, 7) is 0. The molecule has 3 heterocycles. The monoisotopic (exact) mass is 312 g/mol. The fraction of sp³-hybridized carbons (Fsp3) is 0. The SMILES string of the molecule is O=C(NNC(=O)c1sccc1-n1cccc1)c1ccccn1. The zero-order valence-electron chi connectivity index (χ0n) is 11.4. The first-order valence-corrected chi connectivity index (χ1v) is 7.36. The van der Waals surface area contributed by atoms with Crippen molar-refractivity contribution < 1.29 is 9.59 Å². The maximum absolute atomic E-state index is 12.2. The highest BCUT2D eigenvalue weighted by Gasteiger charge is 2.15. The molecule has 0 aliphatic rings. The van der Waals surface area contributed by atoms with Gasteiger partial charge in [0.15, 0.2) is 0 Å². The van der Waals surface area contributed by atoms with E-state index in [9.17, 15) is 9.59 Å². The molecule has 3 aromatic rings. The molecular formula is C15H12N4O2S. The average molecular weight is 312 g/mol. The third-order valence-corrected chi connectivity index (χ3v) is 3.82. The molecule has 0 fully saturated rings. The fourth-order valence-corrected chi connectivity index (χ4v) is 2.69. The highest BCUT2D eigenvalue weighted by atomic mass is 32.1. The first-order chi connectivity index (χ1) is 10.8. The lowest BCUT2D eigenvalue weighted by Gasteiger charge is -2.08. The number of carbonyl (C=O) groups excluding carboxylic acids is 2. The van der Waals surface area contributed by atoms with Crippen LogP contribution in [0, 0.1) is 0 Å². The Morgan fingerprint density at radius 1 is 1.00 bits per heavy atom. The van der Waals surface area contributed by atoms with E-state index in [0.717, 1.165) is 5.69 Å². The van der Waals surface area contributed by atoms with E-state index in [4.69, 9.17) is 0 Å². The summed E-state index contributed by atoms with van der Waals surface area (Å²) in [5.74, 6) is -0.837. The highest BCUT2D eigenvalue weighted by Crippen LogP contribution is 2.20. The van der Waals surface area contributed by atoms with E-state index < -0.39 is 5.91 Å². The van der Waals surface area contributed by atoms with Gasteiger partial charge >= 0.3 is 0 Å². The predicted molar refractivity (Wildman–Crippen MR) is 82.8 cm³/mol. The van der Waals surface area contributed by atoms with Gasteiger partial charge in [0.1, 0.15) is 10.6 Å². The fourth-order valence-electron chi connectivity index (χ4n) is 1.90. The van der Waals surface area contributed by atoms with Gasteiger partial charge in [-0.25, -0.2) is 0 Å². The van der Waals surface area contributed by atoms with Crippen LogP contribution in [-0.4, -0.2) is 21.4 Å². The maximum atomic E-state index is 12.2. The number of hydrazine groups is 1. The van der Waals surface area contributed by atoms with Crippen molar-refractivity contribution >= 4 is 23.2 Å². The topological polar surface area (TPSA) is 76.0 Å². The van der Waals surface area contributed by atoms with Gasteiger partial charge in [-0.1, -0.05) is 6.07 Å². The van der Waals surface area contributed by atoms with Gasteiger partial charge in [0.2, 0.25) is 0 Å². The molecule has 2 amide bonds. The number of thiophene rings is 1. The summed E-state index contributed by atoms with van der Waals surface area (Å²) in [4.78, 5) is 28.5. The molecule has 6 nitrogen and oxygen atoms in total. The Labute approximate surface area is 130 Å². The molecule has 2 N–H and O–H groups in total. The van der Waals surface area contributed by atoms with Crippen molar-refractivity contribution in [2.45, 2.75) is 0 Å². The molecule has 3 aromatic heterocycles. The van der Waals surface area contributed by atoms with Crippen molar-refractivity contribution in [3.8, 4) is 5.69 Å². The van der Waals surface area contributed by atoms with Crippen LogP contribution in [0.3, 0.4) is 0 Å². The van der Waals surface area contributed by atoms with E-state index in [1.54, 1.807) is 18.2 Å². The lowest BCUT2D eigenvalue weighted by Crippen LogP contribution is -2.41. The molecule has 0 spiro atoms. The van der Waals surface area contributed by atoms with Crippen LogP contribution in [0.25, 0.3) is 5.69 Å². The van der Waals surface area contributed by atoms with Crippen LogP contribution in [0.4, 0.5) is 0 Å². The van der Waals surface area contributed by atoms with Crippen LogP contribution in [0.2, 0.25) is 0 Å². The lowest BCUT2D eigenvalue weighted by atomic mass is 10.3. The second-order valence-electron chi connectivity index (χ2n) is 4.35. The summed E-state index contributed by atoms with van der Waals surface area (Å²) in [7, 11) is 0. The smallest absolute Gasteiger partial charge is 0.288 e. The Bertz CT molecular complexity index is 781. The van der Waals surface area contributed by atoms with Crippen molar-refractivity contribution in [1.29, 1.82) is 0 Å². The molecule has 0 atom stereocenters. The highest BCUT2D eigenvalue weighted by molar-refractivity contribution is 7.12. The summed E-state index contributed by atoms with van der Waals surface area (Å²) >= 11 is 1.30. The molecule has 0 aliphatic carbocycles. The molecule has 0 bridgehead atoms. The van der Waals surface area contributed by atoms with Crippen LogP contribution < -0.4 is 10.9 Å². The zero-order chi connectivity index (χ0) is 15.4. The number of amides is 2. The van der Waals surface area contributed by atoms with Crippen molar-refractivity contribution in [2.75, 3.05) is 0 Å². The average Bonchev–Trinajstić information content (AvgIpc) is 3.23. The number of pyridine rings is 1. The Hall–Kier alpha value is -2.93. The quantitative estimate of drug-likeness (QED) is 0.726. The maximum Gasteiger partial charge on any atom is 0.288 e. The molecular weight excluding hydrogens is 300 g/mol. The molecule has 0 radical (unpaired) electrons. The Kier molecular flexibility index (Phi) is 3.97. The van der Waals surface area contributed by atoms with Crippen molar-refractivity contribution in [3.05, 3.63) is 70.9 Å². The second kappa shape index (κ2) is 6.23. The molecule has 0 aromatic carbocycles. The summed E-state index contributed by atoms with van der Waals surface area (Å²) in [5, 5.41) is 1.82. The lowest BCUT2D eigenvalue weighted by molar-refractivity contribution is 0.0846. The number of nitrogens with zero attached hydrogens (tertiary/aromatic N) is 2. The van der Waals surface area contributed by atoms with Crippen molar-refractivity contribution in [1.82, 2.24) is 20.4 Å². The van der Waals surface area contributed by atoms with E-state index in [1.807, 2.05) is 40.5 Å². The van der Waals surface area contributed by atoms with Gasteiger partial charge in [-0.2, -0.15) is 0 Å². The Morgan fingerprint density at radius 2 is 1.77 bits per heavy atom. The van der Waals surface area contributed by atoms with Crippen LogP contribution in [0.15, 0.2) is 60.4 Å². The summed E-state index contributed by atoms with van der Waals surface area (Å²) in [6.07, 6.45) is 5.22. The zero-order valence-corrected chi connectivity index (χ0v) is 12.2. The van der Waals surface area contributed by atoms with Crippen LogP contribution in [0.5, 0.6) is 0 Å². The number of hydrogen-bond acceptors (Lipinski definition) is 4. The largest absolute Gasteiger partial charge is 0.322 e. The summed E-state index contributed by atoms with van der Waals surface area (Å²) < 4.78 is 1.84. The van der Waals surface area contributed by atoms with Gasteiger partial charge in [0.05, 0.1) is 5.69 Å². The minimum atomic E-state index is -0.465. The van der Waals surface area contributed by atoms with Gasteiger partial charge in [0.25, 0.3) is 11.8 Å². The summed E-state index contributed by atoms with van der Waals surface area (Å²) in [5.41, 5.74) is 5.76. The first-order valence-electron chi connectivity index (χ1n) is 6.48. The van der Waals surface area contributed by atoms with Crippen molar-refractivity contribution in [2.24, 2.45) is 0 Å². The molecule has 0 unspecified atom stereocenters. The van der Waals surface area contributed by atoms with Crippen LogP contribution >= 0.6 is 11.3 Å². The minimum absolute atomic E-state index is 0.236. The van der Waals surface area contributed by atoms with E-state index in [0.29, 0.717) is 4.88 Å². The van der Waals surface area contributed by atoms with E-state index in [2.05, 4.69) is 15.8 Å². The molecule has 22 heavy (non-hydrogen) atoms. The predicted octanol–water partition coefficient (Wildman–Crippen LogP) is 2.01. The number of aromatic nitrogens is 2. The first kappa shape index (κ1) is 14.0. The third-order valence-electron chi connectivity index (χ3n) is 2.92. The van der Waals surface area contributed by atoms with Gasteiger partial charge in [-0.05, 0) is 35.7 Å². The Morgan fingerprint density at radius 3 is 2.50 bits per heavy atom. The van der Waals surface area contributed by atoms with Gasteiger partial charge in [0, 0.05) is 18.6 Å². The van der Waals surface area contributed by atoms with Crippen LogP contribution in [-0.2, 0) is 0 Å². The second-order valence-corrected chi connectivity index (χ2v) is 5.26. The molecule has 3 rings (SSSR count). The Balaban J connectivity index is 1.69. The standard InChI is InChI=1S/C15H12N4O2S/c20-14(11-5-1-2-7-16-11)17-18-15(21)13-12(6-10-22-13)19-8-3-4-9-19/h1-10H,(H,17,20)(H,18,21).